The Hall–Kier alpha value is -3.00. The molecule has 0 saturated heterocycles. The maximum absolute atomic E-state index is 12.1. The number of nitro benzene ring substituents is 1. The average molecular weight is 419 g/mol. The van der Waals surface area contributed by atoms with Crippen LogP contribution in [0.15, 0.2) is 59.1 Å². The van der Waals surface area contributed by atoms with Crippen molar-refractivity contribution in [2.45, 2.75) is 6.04 Å². The van der Waals surface area contributed by atoms with Crippen molar-refractivity contribution in [3.63, 3.8) is 0 Å². The smallest absolute Gasteiger partial charge is 0.333 e. The number of nitro groups is 1. The number of benzene rings is 2. The van der Waals surface area contributed by atoms with Gasteiger partial charge in [-0.2, -0.15) is 0 Å². The Kier molecular flexibility index (Phi) is 6.62. The van der Waals surface area contributed by atoms with Crippen LogP contribution in [0.25, 0.3) is 6.08 Å². The zero-order valence-electron chi connectivity index (χ0n) is 13.7. The van der Waals surface area contributed by atoms with Crippen LogP contribution in [-0.2, 0) is 14.3 Å². The van der Waals surface area contributed by atoms with E-state index < -0.39 is 22.8 Å². The number of methoxy groups -OCH3 is 1. The highest BCUT2D eigenvalue weighted by Gasteiger charge is 2.22. The maximum atomic E-state index is 12.1. The van der Waals surface area contributed by atoms with Crippen LogP contribution in [0, 0.1) is 10.1 Å². The number of carbonyl (C=O) groups excluding carboxylic acids is 2. The van der Waals surface area contributed by atoms with Crippen LogP contribution in [0.3, 0.4) is 0 Å². The van der Waals surface area contributed by atoms with Crippen molar-refractivity contribution in [2.24, 2.45) is 0 Å². The van der Waals surface area contributed by atoms with Crippen molar-refractivity contribution in [1.29, 1.82) is 0 Å². The molecule has 0 aliphatic carbocycles. The summed E-state index contributed by atoms with van der Waals surface area (Å²) in [5.74, 6) is -1.09. The molecule has 0 spiro atoms. The molecule has 134 valence electrons. The number of halogens is 1. The molecule has 1 atom stereocenters. The van der Waals surface area contributed by atoms with Crippen LogP contribution < -0.4 is 5.32 Å². The van der Waals surface area contributed by atoms with Crippen molar-refractivity contribution >= 4 is 39.6 Å². The third-order valence-corrected chi connectivity index (χ3v) is 3.99. The summed E-state index contributed by atoms with van der Waals surface area (Å²) < 4.78 is 5.58. The fourth-order valence-electron chi connectivity index (χ4n) is 2.12. The maximum Gasteiger partial charge on any atom is 0.333 e. The molecule has 7 nitrogen and oxygen atoms in total. The van der Waals surface area contributed by atoms with Crippen LogP contribution in [0.4, 0.5) is 5.69 Å². The van der Waals surface area contributed by atoms with E-state index in [9.17, 15) is 19.7 Å². The van der Waals surface area contributed by atoms with Crippen molar-refractivity contribution < 1.29 is 19.2 Å². The lowest BCUT2D eigenvalue weighted by molar-refractivity contribution is -0.384. The van der Waals surface area contributed by atoms with Gasteiger partial charge in [0.2, 0.25) is 5.91 Å². The van der Waals surface area contributed by atoms with Crippen LogP contribution in [-0.4, -0.2) is 23.9 Å². The molecule has 0 aromatic heterocycles. The molecular weight excluding hydrogens is 404 g/mol. The minimum absolute atomic E-state index is 0.0346. The lowest BCUT2D eigenvalue weighted by Crippen LogP contribution is -2.33. The molecule has 0 saturated carbocycles. The van der Waals surface area contributed by atoms with E-state index in [0.717, 1.165) is 4.47 Å². The highest BCUT2D eigenvalue weighted by molar-refractivity contribution is 9.10. The summed E-state index contributed by atoms with van der Waals surface area (Å²) in [6.07, 6.45) is 2.74. The van der Waals surface area contributed by atoms with Gasteiger partial charge in [0.15, 0.2) is 6.04 Å². The van der Waals surface area contributed by atoms with E-state index in [1.54, 1.807) is 24.3 Å². The summed E-state index contributed by atoms with van der Waals surface area (Å²) in [4.78, 5) is 34.2. The van der Waals surface area contributed by atoms with Gasteiger partial charge in [0.05, 0.1) is 12.0 Å². The third kappa shape index (κ3) is 5.25. The number of carbonyl (C=O) groups is 2. The van der Waals surface area contributed by atoms with Gasteiger partial charge < -0.3 is 10.1 Å². The minimum Gasteiger partial charge on any atom is -0.467 e. The summed E-state index contributed by atoms with van der Waals surface area (Å²) in [5.41, 5.74) is 1.16. The van der Waals surface area contributed by atoms with Crippen molar-refractivity contribution in [1.82, 2.24) is 5.32 Å². The van der Waals surface area contributed by atoms with Crippen LogP contribution in [0.1, 0.15) is 17.2 Å². The predicted molar refractivity (Wildman–Crippen MR) is 99.2 cm³/mol. The SMILES string of the molecule is COC(=O)[C@@H](NC(=O)/C=C\c1ccc([N+](=O)[O-])cc1)c1ccc(Br)cc1. The van der Waals surface area contributed by atoms with Crippen LogP contribution >= 0.6 is 15.9 Å². The summed E-state index contributed by atoms with van der Waals surface area (Å²) >= 11 is 3.31. The number of amides is 1. The predicted octanol–water partition coefficient (Wildman–Crippen LogP) is 3.40. The Bertz CT molecular complexity index is 832. The van der Waals surface area contributed by atoms with E-state index in [2.05, 4.69) is 21.2 Å². The fourth-order valence-corrected chi connectivity index (χ4v) is 2.39. The number of ether oxygens (including phenoxy) is 1. The number of hydrogen-bond acceptors (Lipinski definition) is 5. The second-order valence-corrected chi connectivity index (χ2v) is 6.11. The number of non-ortho nitro benzene ring substituents is 1. The van der Waals surface area contributed by atoms with E-state index in [4.69, 9.17) is 4.74 Å². The molecule has 8 heteroatoms. The van der Waals surface area contributed by atoms with E-state index in [0.29, 0.717) is 11.1 Å². The van der Waals surface area contributed by atoms with Gasteiger partial charge in [-0.15, -0.1) is 0 Å². The van der Waals surface area contributed by atoms with Gasteiger partial charge in [0, 0.05) is 22.7 Å². The van der Waals surface area contributed by atoms with Crippen molar-refractivity contribution in [2.75, 3.05) is 7.11 Å². The first-order valence-electron chi connectivity index (χ1n) is 7.47. The Balaban J connectivity index is 2.10. The Morgan fingerprint density at radius 2 is 1.77 bits per heavy atom. The third-order valence-electron chi connectivity index (χ3n) is 3.46. The molecule has 0 aliphatic heterocycles. The standard InChI is InChI=1S/C18H15BrN2O5/c1-26-18(23)17(13-5-7-14(19)8-6-13)20-16(22)11-4-12-2-9-15(10-3-12)21(24)25/h2-11,17H,1H3,(H,20,22)/b11-4-/t17-/m0/s1. The lowest BCUT2D eigenvalue weighted by Gasteiger charge is -2.16. The normalized spacial score (nSPS) is 11.8. The summed E-state index contributed by atoms with van der Waals surface area (Å²) in [7, 11) is 1.24. The molecule has 2 aromatic rings. The molecule has 2 rings (SSSR count). The van der Waals surface area contributed by atoms with Gasteiger partial charge in [-0.1, -0.05) is 28.1 Å². The van der Waals surface area contributed by atoms with Gasteiger partial charge in [-0.05, 0) is 41.5 Å². The molecule has 0 radical (unpaired) electrons. The summed E-state index contributed by atoms with van der Waals surface area (Å²) in [5, 5.41) is 13.2. The van der Waals surface area contributed by atoms with E-state index in [1.807, 2.05) is 0 Å². The van der Waals surface area contributed by atoms with Gasteiger partial charge in [0.1, 0.15) is 0 Å². The highest BCUT2D eigenvalue weighted by atomic mass is 79.9. The number of esters is 1. The number of nitrogens with one attached hydrogen (secondary N) is 1. The Morgan fingerprint density at radius 1 is 1.15 bits per heavy atom. The quantitative estimate of drug-likeness (QED) is 0.335. The zero-order chi connectivity index (χ0) is 19.1. The molecule has 2 aromatic carbocycles. The van der Waals surface area contributed by atoms with E-state index in [1.165, 1.54) is 43.5 Å². The highest BCUT2D eigenvalue weighted by Crippen LogP contribution is 2.18. The van der Waals surface area contributed by atoms with Gasteiger partial charge >= 0.3 is 5.97 Å². The van der Waals surface area contributed by atoms with Crippen molar-refractivity contribution in [3.05, 3.63) is 80.3 Å². The van der Waals surface area contributed by atoms with E-state index in [-0.39, 0.29) is 5.69 Å². The number of nitrogens with zero attached hydrogens (tertiary/aromatic N) is 1. The fraction of sp³-hybridized carbons (Fsp3) is 0.111. The molecule has 1 amide bonds. The topological polar surface area (TPSA) is 98.5 Å². The van der Waals surface area contributed by atoms with Gasteiger partial charge in [0.25, 0.3) is 5.69 Å². The zero-order valence-corrected chi connectivity index (χ0v) is 15.3. The van der Waals surface area contributed by atoms with E-state index >= 15 is 0 Å². The molecular formula is C18H15BrN2O5. The molecule has 0 aliphatic rings. The molecule has 1 N–H and O–H groups in total. The van der Waals surface area contributed by atoms with Gasteiger partial charge in [-0.3, -0.25) is 14.9 Å². The monoisotopic (exact) mass is 418 g/mol. The first-order chi connectivity index (χ1) is 12.4. The Morgan fingerprint density at radius 3 is 2.31 bits per heavy atom. The number of rotatable bonds is 6. The molecule has 0 bridgehead atoms. The molecule has 0 unspecified atom stereocenters. The molecule has 0 heterocycles. The number of hydrogen-bond donors (Lipinski definition) is 1. The average Bonchev–Trinajstić information content (AvgIpc) is 2.65. The Labute approximate surface area is 157 Å². The second-order valence-electron chi connectivity index (χ2n) is 5.20. The van der Waals surface area contributed by atoms with Crippen LogP contribution in [0.5, 0.6) is 0 Å². The second kappa shape index (κ2) is 8.91. The van der Waals surface area contributed by atoms with Gasteiger partial charge in [-0.25, -0.2) is 4.79 Å². The van der Waals surface area contributed by atoms with Crippen molar-refractivity contribution in [3.8, 4) is 0 Å². The first kappa shape index (κ1) is 19.3. The lowest BCUT2D eigenvalue weighted by atomic mass is 10.1. The summed E-state index contributed by atoms with van der Waals surface area (Å²) in [6, 6.07) is 11.7. The largest absolute Gasteiger partial charge is 0.467 e. The summed E-state index contributed by atoms with van der Waals surface area (Å²) in [6.45, 7) is 0. The van der Waals surface area contributed by atoms with Crippen LogP contribution in [0.2, 0.25) is 0 Å². The first-order valence-corrected chi connectivity index (χ1v) is 8.26. The minimum atomic E-state index is -0.942. The molecule has 0 fully saturated rings. The molecule has 26 heavy (non-hydrogen) atoms.